The van der Waals surface area contributed by atoms with Crippen LogP contribution in [0.3, 0.4) is 0 Å². The standard InChI is InChI=1S/C12H11Cl2N3O/c13-7-3-6(4-8(14)5-7)10-11(18)17-12(16-10)15-9-1-2-9/h3-5,9-10H,1-2H2,(H2,15,16,17,18). The minimum Gasteiger partial charge on any atom is -0.353 e. The van der Waals surface area contributed by atoms with Crippen molar-refractivity contribution < 1.29 is 4.79 Å². The molecule has 1 aliphatic carbocycles. The lowest BCUT2D eigenvalue weighted by Gasteiger charge is -2.05. The summed E-state index contributed by atoms with van der Waals surface area (Å²) in [5.74, 6) is 0.389. The van der Waals surface area contributed by atoms with Gasteiger partial charge in [-0.2, -0.15) is 0 Å². The Kier molecular flexibility index (Phi) is 2.92. The maximum atomic E-state index is 11.9. The third-order valence-corrected chi connectivity index (χ3v) is 3.30. The van der Waals surface area contributed by atoms with Gasteiger partial charge < -0.3 is 5.32 Å². The number of guanidine groups is 1. The van der Waals surface area contributed by atoms with Crippen molar-refractivity contribution in [2.24, 2.45) is 4.99 Å². The molecule has 1 atom stereocenters. The molecule has 0 saturated heterocycles. The van der Waals surface area contributed by atoms with Crippen LogP contribution in [0.2, 0.25) is 10.0 Å². The maximum absolute atomic E-state index is 11.9. The largest absolute Gasteiger partial charge is 0.353 e. The number of halogens is 2. The second-order valence-electron chi connectivity index (χ2n) is 4.49. The molecule has 6 heteroatoms. The van der Waals surface area contributed by atoms with Gasteiger partial charge in [0.15, 0.2) is 12.0 Å². The first kappa shape index (κ1) is 11.8. The van der Waals surface area contributed by atoms with Gasteiger partial charge in [0.1, 0.15) is 0 Å². The molecule has 1 aromatic rings. The molecule has 4 nitrogen and oxygen atoms in total. The highest BCUT2D eigenvalue weighted by atomic mass is 35.5. The molecule has 0 radical (unpaired) electrons. The van der Waals surface area contributed by atoms with E-state index in [4.69, 9.17) is 23.2 Å². The summed E-state index contributed by atoms with van der Waals surface area (Å²) in [7, 11) is 0. The second-order valence-corrected chi connectivity index (χ2v) is 5.36. The highest BCUT2D eigenvalue weighted by Gasteiger charge is 2.31. The van der Waals surface area contributed by atoms with Crippen LogP contribution in [0, 0.1) is 0 Å². The van der Waals surface area contributed by atoms with Crippen molar-refractivity contribution in [2.75, 3.05) is 0 Å². The Morgan fingerprint density at radius 3 is 2.50 bits per heavy atom. The molecular formula is C12H11Cl2N3O. The topological polar surface area (TPSA) is 53.5 Å². The zero-order valence-corrected chi connectivity index (χ0v) is 10.9. The molecule has 1 heterocycles. The fraction of sp³-hybridized carbons (Fsp3) is 0.333. The number of hydrogen-bond donors (Lipinski definition) is 2. The zero-order chi connectivity index (χ0) is 12.7. The highest BCUT2D eigenvalue weighted by Crippen LogP contribution is 2.28. The molecule has 1 amide bonds. The molecule has 1 unspecified atom stereocenters. The van der Waals surface area contributed by atoms with Gasteiger partial charge in [-0.1, -0.05) is 23.2 Å². The van der Waals surface area contributed by atoms with Gasteiger partial charge in [-0.25, -0.2) is 4.99 Å². The van der Waals surface area contributed by atoms with Gasteiger partial charge in [-0.3, -0.25) is 10.1 Å². The van der Waals surface area contributed by atoms with Gasteiger partial charge in [0.25, 0.3) is 5.91 Å². The Morgan fingerprint density at radius 1 is 1.22 bits per heavy atom. The lowest BCUT2D eigenvalue weighted by atomic mass is 10.1. The Morgan fingerprint density at radius 2 is 1.89 bits per heavy atom. The van der Waals surface area contributed by atoms with Crippen molar-refractivity contribution in [3.63, 3.8) is 0 Å². The third kappa shape index (κ3) is 2.44. The van der Waals surface area contributed by atoms with Crippen molar-refractivity contribution in [3.8, 4) is 0 Å². The molecule has 0 aromatic heterocycles. The number of amides is 1. The lowest BCUT2D eigenvalue weighted by Crippen LogP contribution is -2.37. The van der Waals surface area contributed by atoms with Crippen LogP contribution in [0.4, 0.5) is 0 Å². The maximum Gasteiger partial charge on any atom is 0.256 e. The van der Waals surface area contributed by atoms with Gasteiger partial charge in [0.2, 0.25) is 0 Å². The Hall–Kier alpha value is -1.26. The predicted octanol–water partition coefficient (Wildman–Crippen LogP) is 2.27. The first-order valence-corrected chi connectivity index (χ1v) is 6.48. The molecule has 3 rings (SSSR count). The summed E-state index contributed by atoms with van der Waals surface area (Å²) in [6, 6.07) is 4.93. The fourth-order valence-electron chi connectivity index (χ4n) is 1.86. The second kappa shape index (κ2) is 4.44. The summed E-state index contributed by atoms with van der Waals surface area (Å²) >= 11 is 11.9. The number of carbonyl (C=O) groups is 1. The minimum atomic E-state index is -0.567. The molecule has 1 aliphatic heterocycles. The normalized spacial score (nSPS) is 22.7. The summed E-state index contributed by atoms with van der Waals surface area (Å²) in [6.45, 7) is 0. The Balaban J connectivity index is 1.85. The molecule has 0 spiro atoms. The number of nitrogens with one attached hydrogen (secondary N) is 2. The molecule has 18 heavy (non-hydrogen) atoms. The molecule has 2 aliphatic rings. The van der Waals surface area contributed by atoms with Crippen LogP contribution in [0.15, 0.2) is 23.2 Å². The number of rotatable bonds is 2. The van der Waals surface area contributed by atoms with E-state index in [0.29, 0.717) is 27.6 Å². The van der Waals surface area contributed by atoms with Crippen molar-refractivity contribution >= 4 is 35.1 Å². The average molecular weight is 284 g/mol. The SMILES string of the molecule is O=C1NC(NC2CC2)=NC1c1cc(Cl)cc(Cl)c1. The summed E-state index contributed by atoms with van der Waals surface area (Å²) in [6.07, 6.45) is 2.26. The smallest absolute Gasteiger partial charge is 0.256 e. The van der Waals surface area contributed by atoms with Gasteiger partial charge >= 0.3 is 0 Å². The van der Waals surface area contributed by atoms with Crippen LogP contribution in [-0.4, -0.2) is 17.9 Å². The van der Waals surface area contributed by atoms with Crippen molar-refractivity contribution in [2.45, 2.75) is 24.9 Å². The van der Waals surface area contributed by atoms with E-state index in [9.17, 15) is 4.79 Å². The predicted molar refractivity (Wildman–Crippen MR) is 70.9 cm³/mol. The van der Waals surface area contributed by atoms with Crippen LogP contribution in [0.5, 0.6) is 0 Å². The fourth-order valence-corrected chi connectivity index (χ4v) is 2.40. The monoisotopic (exact) mass is 283 g/mol. The van der Waals surface area contributed by atoms with Crippen LogP contribution in [0.25, 0.3) is 0 Å². The Bertz CT molecular complexity index is 520. The number of hydrogen-bond acceptors (Lipinski definition) is 3. The van der Waals surface area contributed by atoms with Crippen LogP contribution in [0.1, 0.15) is 24.4 Å². The molecule has 2 N–H and O–H groups in total. The minimum absolute atomic E-state index is 0.156. The zero-order valence-electron chi connectivity index (χ0n) is 9.41. The number of benzene rings is 1. The quantitative estimate of drug-likeness (QED) is 0.875. The van der Waals surface area contributed by atoms with E-state index in [0.717, 1.165) is 12.8 Å². The van der Waals surface area contributed by atoms with E-state index in [2.05, 4.69) is 15.6 Å². The molecule has 1 aromatic carbocycles. The summed E-state index contributed by atoms with van der Waals surface area (Å²) < 4.78 is 0. The summed E-state index contributed by atoms with van der Waals surface area (Å²) in [4.78, 5) is 16.2. The van der Waals surface area contributed by atoms with Gasteiger partial charge in [0.05, 0.1) is 0 Å². The average Bonchev–Trinajstić information content (AvgIpc) is 3.00. The molecule has 1 saturated carbocycles. The molecule has 1 fully saturated rings. The van der Waals surface area contributed by atoms with Gasteiger partial charge in [-0.15, -0.1) is 0 Å². The van der Waals surface area contributed by atoms with Crippen molar-refractivity contribution in [1.82, 2.24) is 10.6 Å². The molecule has 94 valence electrons. The number of nitrogens with zero attached hydrogens (tertiary/aromatic N) is 1. The van der Waals surface area contributed by atoms with Crippen molar-refractivity contribution in [1.29, 1.82) is 0 Å². The van der Waals surface area contributed by atoms with Crippen LogP contribution < -0.4 is 10.6 Å². The van der Waals surface area contributed by atoms with E-state index in [1.807, 2.05) is 0 Å². The van der Waals surface area contributed by atoms with E-state index in [-0.39, 0.29) is 5.91 Å². The van der Waals surface area contributed by atoms with E-state index >= 15 is 0 Å². The third-order valence-electron chi connectivity index (χ3n) is 2.87. The lowest BCUT2D eigenvalue weighted by molar-refractivity contribution is -0.120. The number of aliphatic imine (C=N–C) groups is 1. The van der Waals surface area contributed by atoms with E-state index in [1.54, 1.807) is 18.2 Å². The van der Waals surface area contributed by atoms with Crippen molar-refractivity contribution in [3.05, 3.63) is 33.8 Å². The summed E-state index contributed by atoms with van der Waals surface area (Å²) in [5.41, 5.74) is 0.706. The van der Waals surface area contributed by atoms with Crippen LogP contribution in [-0.2, 0) is 4.79 Å². The summed E-state index contributed by atoms with van der Waals surface area (Å²) in [5, 5.41) is 6.90. The van der Waals surface area contributed by atoms with Crippen LogP contribution >= 0.6 is 23.2 Å². The first-order chi connectivity index (χ1) is 8.61. The van der Waals surface area contributed by atoms with E-state index < -0.39 is 6.04 Å². The highest BCUT2D eigenvalue weighted by molar-refractivity contribution is 6.34. The van der Waals surface area contributed by atoms with E-state index in [1.165, 1.54) is 0 Å². The Labute approximate surface area is 114 Å². The van der Waals surface area contributed by atoms with Gasteiger partial charge in [0, 0.05) is 16.1 Å². The molecule has 0 bridgehead atoms. The number of carbonyl (C=O) groups excluding carboxylic acids is 1. The first-order valence-electron chi connectivity index (χ1n) is 5.73. The van der Waals surface area contributed by atoms with Gasteiger partial charge in [-0.05, 0) is 36.6 Å². The molecular weight excluding hydrogens is 273 g/mol.